The van der Waals surface area contributed by atoms with Crippen molar-refractivity contribution in [2.75, 3.05) is 6.54 Å². The second-order valence-electron chi connectivity index (χ2n) is 6.33. The smallest absolute Gasteiger partial charge is 0.330 e. The Kier molecular flexibility index (Phi) is 7.65. The van der Waals surface area contributed by atoms with Gasteiger partial charge in [-0.15, -0.1) is 12.4 Å². The maximum Gasteiger partial charge on any atom is 0.330 e. The number of aryl methyl sites for hydroxylation is 1. The maximum atomic E-state index is 11.1. The van der Waals surface area contributed by atoms with Gasteiger partial charge in [-0.25, -0.2) is 4.79 Å². The molecule has 0 spiro atoms. The molecule has 0 atom stereocenters. The number of rotatable bonds is 8. The van der Waals surface area contributed by atoms with Gasteiger partial charge in [-0.05, 0) is 42.6 Å². The van der Waals surface area contributed by atoms with Crippen molar-refractivity contribution in [2.45, 2.75) is 26.5 Å². The van der Waals surface area contributed by atoms with Crippen LogP contribution in [-0.2, 0) is 29.1 Å². The number of aromatic nitrogens is 1. The van der Waals surface area contributed by atoms with Crippen molar-refractivity contribution in [2.24, 2.45) is 0 Å². The van der Waals surface area contributed by atoms with Gasteiger partial charge < -0.3 is 15.0 Å². The first kappa shape index (κ1) is 20.7. The molecule has 0 amide bonds. The quantitative estimate of drug-likeness (QED) is 0.342. The number of carbonyl (C=O) groups is 1. The normalized spacial score (nSPS) is 10.4. The minimum atomic E-state index is -0.400. The van der Waals surface area contributed by atoms with Crippen LogP contribution in [0.5, 0.6) is 0 Å². The molecule has 1 aromatic heterocycles. The van der Waals surface area contributed by atoms with E-state index in [2.05, 4.69) is 60.2 Å². The summed E-state index contributed by atoms with van der Waals surface area (Å²) in [5.74, 6) is -0.400. The average molecular weight is 385 g/mol. The van der Waals surface area contributed by atoms with E-state index in [-0.39, 0.29) is 19.0 Å². The lowest BCUT2D eigenvalue weighted by Gasteiger charge is -2.07. The average Bonchev–Trinajstić information content (AvgIpc) is 2.99. The number of hydrogen-bond acceptors (Lipinski definition) is 3. The first-order valence-electron chi connectivity index (χ1n) is 8.81. The van der Waals surface area contributed by atoms with E-state index in [1.807, 2.05) is 12.1 Å². The predicted molar refractivity (Wildman–Crippen MR) is 112 cm³/mol. The molecule has 2 N–H and O–H groups in total. The van der Waals surface area contributed by atoms with Crippen molar-refractivity contribution in [3.63, 3.8) is 0 Å². The van der Waals surface area contributed by atoms with Crippen LogP contribution in [0.4, 0.5) is 0 Å². The van der Waals surface area contributed by atoms with E-state index in [1.54, 1.807) is 0 Å². The summed E-state index contributed by atoms with van der Waals surface area (Å²) < 4.78 is 5.03. The highest BCUT2D eigenvalue weighted by Crippen LogP contribution is 2.21. The molecule has 0 aliphatic rings. The molecule has 0 aliphatic carbocycles. The largest absolute Gasteiger partial charge is 0.458 e. The molecule has 0 aliphatic heterocycles. The van der Waals surface area contributed by atoms with Gasteiger partial charge in [-0.3, -0.25) is 0 Å². The number of aromatic amines is 1. The van der Waals surface area contributed by atoms with Crippen molar-refractivity contribution in [3.8, 4) is 0 Å². The first-order chi connectivity index (χ1) is 12.7. The van der Waals surface area contributed by atoms with Gasteiger partial charge in [0.1, 0.15) is 6.61 Å². The number of fused-ring (bicyclic) bond motifs is 1. The van der Waals surface area contributed by atoms with Crippen LogP contribution in [0.3, 0.4) is 0 Å². The number of H-pyrrole nitrogens is 1. The van der Waals surface area contributed by atoms with Crippen LogP contribution in [0.25, 0.3) is 10.9 Å². The second-order valence-corrected chi connectivity index (χ2v) is 6.33. The minimum Gasteiger partial charge on any atom is -0.458 e. The molecule has 0 bridgehead atoms. The molecule has 3 rings (SSSR count). The lowest BCUT2D eigenvalue weighted by molar-refractivity contribution is -0.138. The highest BCUT2D eigenvalue weighted by molar-refractivity contribution is 5.85. The Bertz CT molecular complexity index is 900. The zero-order valence-electron chi connectivity index (χ0n) is 15.5. The molecule has 1 heterocycles. The fourth-order valence-corrected chi connectivity index (χ4v) is 3.07. The van der Waals surface area contributed by atoms with E-state index in [9.17, 15) is 4.79 Å². The Balaban J connectivity index is 0.00000261. The molecule has 0 saturated heterocycles. The third kappa shape index (κ3) is 5.46. The third-order valence-electron chi connectivity index (χ3n) is 4.48. The van der Waals surface area contributed by atoms with Crippen molar-refractivity contribution >= 4 is 29.3 Å². The molecule has 0 saturated carbocycles. The van der Waals surface area contributed by atoms with Crippen molar-refractivity contribution in [3.05, 3.63) is 83.6 Å². The summed E-state index contributed by atoms with van der Waals surface area (Å²) in [4.78, 5) is 14.5. The summed E-state index contributed by atoms with van der Waals surface area (Å²) >= 11 is 0. The van der Waals surface area contributed by atoms with Crippen molar-refractivity contribution < 1.29 is 9.53 Å². The SMILES string of the molecule is C=CC(=O)OCc1ccc(CNCCc2c(C)[nH]c3ccccc23)cc1.Cl. The zero-order chi connectivity index (χ0) is 18.4. The zero-order valence-corrected chi connectivity index (χ0v) is 16.3. The van der Waals surface area contributed by atoms with Crippen LogP contribution in [0, 0.1) is 6.92 Å². The van der Waals surface area contributed by atoms with E-state index in [0.717, 1.165) is 25.1 Å². The first-order valence-corrected chi connectivity index (χ1v) is 8.81. The topological polar surface area (TPSA) is 54.1 Å². The van der Waals surface area contributed by atoms with Gasteiger partial charge in [0.2, 0.25) is 0 Å². The number of halogens is 1. The number of ether oxygens (including phenoxy) is 1. The molecule has 0 fully saturated rings. The fraction of sp³-hybridized carbons (Fsp3) is 0.227. The molecule has 142 valence electrons. The number of carbonyl (C=O) groups excluding carboxylic acids is 1. The van der Waals surface area contributed by atoms with Crippen LogP contribution >= 0.6 is 12.4 Å². The Hall–Kier alpha value is -2.56. The summed E-state index contributed by atoms with van der Waals surface area (Å²) in [6, 6.07) is 16.5. The molecule has 2 aromatic carbocycles. The number of esters is 1. The Morgan fingerprint density at radius 3 is 2.59 bits per heavy atom. The Morgan fingerprint density at radius 2 is 1.85 bits per heavy atom. The molecule has 3 aromatic rings. The predicted octanol–water partition coefficient (Wildman–Crippen LogP) is 4.46. The van der Waals surface area contributed by atoms with Crippen LogP contribution in [0.1, 0.15) is 22.4 Å². The van der Waals surface area contributed by atoms with Crippen LogP contribution in [0.2, 0.25) is 0 Å². The lowest BCUT2D eigenvalue weighted by atomic mass is 10.1. The molecule has 4 nitrogen and oxygen atoms in total. The Labute approximate surface area is 166 Å². The molecule has 27 heavy (non-hydrogen) atoms. The maximum absolute atomic E-state index is 11.1. The second kappa shape index (κ2) is 9.95. The molecule has 0 radical (unpaired) electrons. The molecular formula is C22H25ClN2O2. The number of para-hydroxylation sites is 1. The van der Waals surface area contributed by atoms with Crippen molar-refractivity contribution in [1.29, 1.82) is 0 Å². The minimum absolute atomic E-state index is 0. The number of hydrogen-bond donors (Lipinski definition) is 2. The third-order valence-corrected chi connectivity index (χ3v) is 4.48. The van der Waals surface area contributed by atoms with Gasteiger partial charge >= 0.3 is 5.97 Å². The van der Waals surface area contributed by atoms with Gasteiger partial charge in [0.25, 0.3) is 0 Å². The van der Waals surface area contributed by atoms with Crippen molar-refractivity contribution in [1.82, 2.24) is 10.3 Å². The highest BCUT2D eigenvalue weighted by Gasteiger charge is 2.07. The number of nitrogens with one attached hydrogen (secondary N) is 2. The van der Waals surface area contributed by atoms with E-state index in [1.165, 1.54) is 33.8 Å². The molecule has 0 unspecified atom stereocenters. The summed E-state index contributed by atoms with van der Waals surface area (Å²) in [6.07, 6.45) is 2.17. The van der Waals surface area contributed by atoms with Crippen LogP contribution < -0.4 is 5.32 Å². The fourth-order valence-electron chi connectivity index (χ4n) is 3.07. The highest BCUT2D eigenvalue weighted by atomic mass is 35.5. The molecule has 5 heteroatoms. The lowest BCUT2D eigenvalue weighted by Crippen LogP contribution is -2.16. The number of benzene rings is 2. The summed E-state index contributed by atoms with van der Waals surface area (Å²) in [7, 11) is 0. The van der Waals surface area contributed by atoms with Gasteiger partial charge in [-0.1, -0.05) is 49.0 Å². The van der Waals surface area contributed by atoms with E-state index < -0.39 is 5.97 Å². The van der Waals surface area contributed by atoms with Gasteiger partial charge in [-0.2, -0.15) is 0 Å². The van der Waals surface area contributed by atoms with Crippen LogP contribution in [-0.4, -0.2) is 17.5 Å². The van der Waals surface area contributed by atoms with E-state index in [0.29, 0.717) is 0 Å². The Morgan fingerprint density at radius 1 is 1.15 bits per heavy atom. The van der Waals surface area contributed by atoms with E-state index >= 15 is 0 Å². The summed E-state index contributed by atoms with van der Waals surface area (Å²) in [5, 5.41) is 4.81. The standard InChI is InChI=1S/C22H24N2O2.ClH/c1-3-22(25)26-15-18-10-8-17(9-11-18)14-23-13-12-19-16(2)24-21-7-5-4-6-20(19)21;/h3-11,23-24H,1,12-15H2,2H3;1H. The van der Waals surface area contributed by atoms with Gasteiger partial charge in [0.15, 0.2) is 0 Å². The molecular weight excluding hydrogens is 360 g/mol. The van der Waals surface area contributed by atoms with Crippen LogP contribution in [0.15, 0.2) is 61.2 Å². The van der Waals surface area contributed by atoms with Gasteiger partial charge in [0.05, 0.1) is 0 Å². The summed E-state index contributed by atoms with van der Waals surface area (Å²) in [6.45, 7) is 7.52. The van der Waals surface area contributed by atoms with Gasteiger partial charge in [0, 0.05) is 29.2 Å². The monoisotopic (exact) mass is 384 g/mol. The van der Waals surface area contributed by atoms with E-state index in [4.69, 9.17) is 4.74 Å². The summed E-state index contributed by atoms with van der Waals surface area (Å²) in [5.41, 5.74) is 6.00.